The maximum atomic E-state index is 12.0. The molecule has 0 aliphatic rings. The van der Waals surface area contributed by atoms with Crippen LogP contribution >= 0.6 is 0 Å². The zero-order valence-corrected chi connectivity index (χ0v) is 13.9. The summed E-state index contributed by atoms with van der Waals surface area (Å²) < 4.78 is 10.7. The lowest BCUT2D eigenvalue weighted by molar-refractivity contribution is -0.400. The van der Waals surface area contributed by atoms with Gasteiger partial charge in [0.2, 0.25) is 6.20 Å². The molecule has 7 heteroatoms. The highest BCUT2D eigenvalue weighted by Gasteiger charge is 2.09. The van der Waals surface area contributed by atoms with E-state index in [9.17, 15) is 14.9 Å². The largest absolute Gasteiger partial charge is 0.493 e. The van der Waals surface area contributed by atoms with Crippen molar-refractivity contribution in [3.63, 3.8) is 0 Å². The number of methoxy groups -OCH3 is 1. The molecule has 0 unspecified atom stereocenters. The Labute approximate surface area is 145 Å². The van der Waals surface area contributed by atoms with E-state index in [1.165, 1.54) is 13.2 Å². The Bertz CT molecular complexity index is 802. The predicted octanol–water partition coefficient (Wildman–Crippen LogP) is 3.27. The van der Waals surface area contributed by atoms with Gasteiger partial charge in [0.25, 0.3) is 5.91 Å². The van der Waals surface area contributed by atoms with E-state index < -0.39 is 4.92 Å². The van der Waals surface area contributed by atoms with Crippen molar-refractivity contribution in [3.05, 3.63) is 69.9 Å². The third-order valence-corrected chi connectivity index (χ3v) is 3.35. The van der Waals surface area contributed by atoms with Gasteiger partial charge in [0.15, 0.2) is 18.1 Å². The average Bonchev–Trinajstić information content (AvgIpc) is 2.60. The fourth-order valence-corrected chi connectivity index (χ4v) is 2.10. The van der Waals surface area contributed by atoms with Crippen molar-refractivity contribution in [1.29, 1.82) is 0 Å². The molecule has 7 nitrogen and oxygen atoms in total. The molecule has 2 aromatic carbocycles. The topological polar surface area (TPSA) is 90.7 Å². The predicted molar refractivity (Wildman–Crippen MR) is 94.3 cm³/mol. The first-order valence-electron chi connectivity index (χ1n) is 7.47. The van der Waals surface area contributed by atoms with E-state index in [-0.39, 0.29) is 12.5 Å². The number of anilines is 1. The second-order valence-electron chi connectivity index (χ2n) is 5.16. The lowest BCUT2D eigenvalue weighted by Crippen LogP contribution is -2.20. The number of carbonyl (C=O) groups excluding carboxylic acids is 1. The second-order valence-corrected chi connectivity index (χ2v) is 5.16. The number of nitro groups is 1. The number of hydrogen-bond donors (Lipinski definition) is 1. The molecule has 0 saturated heterocycles. The summed E-state index contributed by atoms with van der Waals surface area (Å²) in [6.07, 6.45) is 2.18. The molecule has 2 rings (SSSR count). The van der Waals surface area contributed by atoms with E-state index in [4.69, 9.17) is 9.47 Å². The third kappa shape index (κ3) is 5.35. The minimum absolute atomic E-state index is 0.186. The maximum absolute atomic E-state index is 12.0. The summed E-state index contributed by atoms with van der Waals surface area (Å²) in [5.41, 5.74) is 2.27. The van der Waals surface area contributed by atoms with Crippen LogP contribution in [-0.2, 0) is 4.79 Å². The standard InChI is InChI=1S/C18H18N2O5/c1-13-5-3-4-6-15(13)19-18(21)12-25-16-8-7-14(9-10-20(22)23)11-17(16)24-2/h3-11H,12H2,1-2H3,(H,19,21)/b10-9+. The molecule has 0 saturated carbocycles. The van der Waals surface area contributed by atoms with Gasteiger partial charge in [-0.2, -0.15) is 0 Å². The normalized spacial score (nSPS) is 10.5. The summed E-state index contributed by atoms with van der Waals surface area (Å²) in [4.78, 5) is 21.8. The fraction of sp³-hybridized carbons (Fsp3) is 0.167. The Morgan fingerprint density at radius 3 is 2.68 bits per heavy atom. The van der Waals surface area contributed by atoms with Crippen LogP contribution in [0.4, 0.5) is 5.69 Å². The van der Waals surface area contributed by atoms with Crippen LogP contribution in [0.1, 0.15) is 11.1 Å². The Morgan fingerprint density at radius 1 is 1.24 bits per heavy atom. The summed E-state index contributed by atoms with van der Waals surface area (Å²) in [6.45, 7) is 1.71. The lowest BCUT2D eigenvalue weighted by atomic mass is 10.2. The average molecular weight is 342 g/mol. The summed E-state index contributed by atoms with van der Waals surface area (Å²) >= 11 is 0. The van der Waals surface area contributed by atoms with Crippen molar-refractivity contribution in [2.24, 2.45) is 0 Å². The number of ether oxygens (including phenoxy) is 2. The molecule has 2 aromatic rings. The summed E-state index contributed by atoms with van der Waals surface area (Å²) in [5.74, 6) is 0.462. The molecule has 0 heterocycles. The van der Waals surface area contributed by atoms with Gasteiger partial charge in [-0.1, -0.05) is 24.3 Å². The molecule has 0 aliphatic heterocycles. The summed E-state index contributed by atoms with van der Waals surface area (Å²) in [6, 6.07) is 12.3. The van der Waals surface area contributed by atoms with Gasteiger partial charge in [-0.05, 0) is 36.2 Å². The first-order chi connectivity index (χ1) is 12.0. The van der Waals surface area contributed by atoms with Crippen LogP contribution < -0.4 is 14.8 Å². The van der Waals surface area contributed by atoms with Crippen LogP contribution in [0.2, 0.25) is 0 Å². The molecule has 1 amide bonds. The van der Waals surface area contributed by atoms with Crippen LogP contribution in [-0.4, -0.2) is 24.5 Å². The number of aryl methyl sites for hydroxylation is 1. The van der Waals surface area contributed by atoms with Crippen molar-refractivity contribution in [3.8, 4) is 11.5 Å². The highest BCUT2D eigenvalue weighted by atomic mass is 16.6. The Balaban J connectivity index is 2.01. The molecular weight excluding hydrogens is 324 g/mol. The summed E-state index contributed by atoms with van der Waals surface area (Å²) in [7, 11) is 1.45. The van der Waals surface area contributed by atoms with E-state index in [2.05, 4.69) is 5.32 Å². The SMILES string of the molecule is COc1cc(/C=C/[N+](=O)[O-])ccc1OCC(=O)Nc1ccccc1C. The highest BCUT2D eigenvalue weighted by Crippen LogP contribution is 2.28. The molecule has 1 N–H and O–H groups in total. The lowest BCUT2D eigenvalue weighted by Gasteiger charge is -2.12. The van der Waals surface area contributed by atoms with Crippen molar-refractivity contribution >= 4 is 17.7 Å². The minimum Gasteiger partial charge on any atom is -0.493 e. The first kappa shape index (κ1) is 18.0. The van der Waals surface area contributed by atoms with E-state index in [0.717, 1.165) is 17.5 Å². The Hall–Kier alpha value is -3.35. The van der Waals surface area contributed by atoms with Crippen LogP contribution in [0.3, 0.4) is 0 Å². The molecular formula is C18H18N2O5. The van der Waals surface area contributed by atoms with Gasteiger partial charge >= 0.3 is 0 Å². The van der Waals surface area contributed by atoms with Gasteiger partial charge in [-0.15, -0.1) is 0 Å². The van der Waals surface area contributed by atoms with Crippen molar-refractivity contribution in [2.75, 3.05) is 19.0 Å². The van der Waals surface area contributed by atoms with E-state index in [0.29, 0.717) is 17.1 Å². The van der Waals surface area contributed by atoms with Gasteiger partial charge < -0.3 is 14.8 Å². The van der Waals surface area contributed by atoms with Gasteiger partial charge in [0, 0.05) is 11.8 Å². The Morgan fingerprint density at radius 2 is 2.00 bits per heavy atom. The zero-order chi connectivity index (χ0) is 18.2. The Kier molecular flexibility index (Phi) is 6.11. The number of nitrogens with zero attached hydrogens (tertiary/aromatic N) is 1. The molecule has 25 heavy (non-hydrogen) atoms. The first-order valence-corrected chi connectivity index (χ1v) is 7.47. The third-order valence-electron chi connectivity index (χ3n) is 3.35. The van der Waals surface area contributed by atoms with Gasteiger partial charge in [-0.3, -0.25) is 14.9 Å². The van der Waals surface area contributed by atoms with Crippen molar-refractivity contribution in [2.45, 2.75) is 6.92 Å². The van der Waals surface area contributed by atoms with E-state index >= 15 is 0 Å². The molecule has 0 spiro atoms. The van der Waals surface area contributed by atoms with Gasteiger partial charge in [0.1, 0.15) is 0 Å². The number of carbonyl (C=O) groups is 1. The van der Waals surface area contributed by atoms with Crippen molar-refractivity contribution in [1.82, 2.24) is 0 Å². The quantitative estimate of drug-likeness (QED) is 0.616. The highest BCUT2D eigenvalue weighted by molar-refractivity contribution is 5.92. The van der Waals surface area contributed by atoms with Crippen molar-refractivity contribution < 1.29 is 19.2 Å². The molecule has 130 valence electrons. The van der Waals surface area contributed by atoms with Gasteiger partial charge in [0.05, 0.1) is 12.0 Å². The van der Waals surface area contributed by atoms with Crippen LogP contribution in [0.5, 0.6) is 11.5 Å². The monoisotopic (exact) mass is 342 g/mol. The fourth-order valence-electron chi connectivity index (χ4n) is 2.10. The zero-order valence-electron chi connectivity index (χ0n) is 13.9. The number of nitrogens with one attached hydrogen (secondary N) is 1. The molecule has 0 radical (unpaired) electrons. The molecule has 0 aromatic heterocycles. The number of amides is 1. The summed E-state index contributed by atoms with van der Waals surface area (Å²) in [5, 5.41) is 13.1. The maximum Gasteiger partial charge on any atom is 0.262 e. The molecule has 0 aliphatic carbocycles. The van der Waals surface area contributed by atoms with Gasteiger partial charge in [-0.25, -0.2) is 0 Å². The van der Waals surface area contributed by atoms with Crippen LogP contribution in [0.15, 0.2) is 48.7 Å². The number of benzene rings is 2. The number of hydrogen-bond acceptors (Lipinski definition) is 5. The van der Waals surface area contributed by atoms with Crippen LogP contribution in [0.25, 0.3) is 6.08 Å². The second kappa shape index (κ2) is 8.49. The number of para-hydroxylation sites is 1. The molecule has 0 fully saturated rings. The molecule has 0 bridgehead atoms. The minimum atomic E-state index is -0.549. The smallest absolute Gasteiger partial charge is 0.262 e. The van der Waals surface area contributed by atoms with Crippen LogP contribution in [0, 0.1) is 17.0 Å². The molecule has 0 atom stereocenters. The number of rotatable bonds is 7. The van der Waals surface area contributed by atoms with E-state index in [1.54, 1.807) is 18.2 Å². The van der Waals surface area contributed by atoms with E-state index in [1.807, 2.05) is 31.2 Å².